The van der Waals surface area contributed by atoms with Crippen molar-refractivity contribution in [3.8, 4) is 22.6 Å². The maximum absolute atomic E-state index is 13.2. The summed E-state index contributed by atoms with van der Waals surface area (Å²) < 4.78 is 40.5. The molecule has 3 aromatic rings. The van der Waals surface area contributed by atoms with Gasteiger partial charge in [0.15, 0.2) is 17.9 Å². The van der Waals surface area contributed by atoms with Crippen LogP contribution in [0.25, 0.3) is 11.1 Å². The molecule has 1 N–H and O–H groups in total. The number of carbonyl (C=O) groups excluding carboxylic acids is 1. The Hall–Kier alpha value is -3.42. The van der Waals surface area contributed by atoms with Gasteiger partial charge in [0, 0.05) is 5.69 Å². The van der Waals surface area contributed by atoms with Gasteiger partial charge in [-0.1, -0.05) is 26.0 Å². The molecule has 1 amide bonds. The fourth-order valence-corrected chi connectivity index (χ4v) is 2.85. The van der Waals surface area contributed by atoms with Gasteiger partial charge in [-0.15, -0.1) is 8.78 Å². The standard InChI is InChI=1S/C19H14F2N2O4.C2H6/c1-10-7-15-16(27-19(20,21)26-15)8-14(10)12-3-5-13(6-4-12)23-18(24)17-11(2)22-9-25-17;1-2/h3-9H,1-2H3,(H,23,24);1-2H3. The monoisotopic (exact) mass is 402 g/mol. The summed E-state index contributed by atoms with van der Waals surface area (Å²) >= 11 is 0. The van der Waals surface area contributed by atoms with Gasteiger partial charge >= 0.3 is 6.29 Å². The van der Waals surface area contributed by atoms with Gasteiger partial charge in [0.05, 0.1) is 5.69 Å². The lowest BCUT2D eigenvalue weighted by atomic mass is 9.99. The molecule has 0 aliphatic carbocycles. The Morgan fingerprint density at radius 3 is 2.24 bits per heavy atom. The van der Waals surface area contributed by atoms with Crippen LogP contribution in [0.15, 0.2) is 47.2 Å². The van der Waals surface area contributed by atoms with E-state index in [-0.39, 0.29) is 17.3 Å². The van der Waals surface area contributed by atoms with Crippen LogP contribution in [0.5, 0.6) is 11.5 Å². The maximum atomic E-state index is 13.2. The molecule has 0 unspecified atom stereocenters. The minimum absolute atomic E-state index is 0.00700. The van der Waals surface area contributed by atoms with Crippen molar-refractivity contribution in [2.45, 2.75) is 34.0 Å². The van der Waals surface area contributed by atoms with Crippen LogP contribution in [-0.4, -0.2) is 17.2 Å². The highest BCUT2D eigenvalue weighted by atomic mass is 19.3. The molecule has 0 atom stereocenters. The lowest BCUT2D eigenvalue weighted by molar-refractivity contribution is -0.286. The second kappa shape index (κ2) is 7.90. The van der Waals surface area contributed by atoms with Gasteiger partial charge in [-0.05, 0) is 54.8 Å². The zero-order valence-electron chi connectivity index (χ0n) is 16.4. The molecule has 0 bridgehead atoms. The highest BCUT2D eigenvalue weighted by Gasteiger charge is 2.43. The minimum Gasteiger partial charge on any atom is -0.438 e. The first-order valence-corrected chi connectivity index (χ1v) is 9.05. The zero-order valence-corrected chi connectivity index (χ0v) is 16.4. The van der Waals surface area contributed by atoms with E-state index in [1.807, 2.05) is 13.8 Å². The van der Waals surface area contributed by atoms with E-state index in [4.69, 9.17) is 4.42 Å². The molecule has 1 aliphatic heterocycles. The number of oxazole rings is 1. The lowest BCUT2D eigenvalue weighted by Crippen LogP contribution is -2.25. The largest absolute Gasteiger partial charge is 0.586 e. The normalized spacial score (nSPS) is 13.4. The second-order valence-electron chi connectivity index (χ2n) is 6.08. The number of halogens is 2. The molecule has 8 heteroatoms. The number of nitrogens with one attached hydrogen (secondary N) is 1. The maximum Gasteiger partial charge on any atom is 0.586 e. The molecule has 152 valence electrons. The van der Waals surface area contributed by atoms with Gasteiger partial charge in [-0.3, -0.25) is 4.79 Å². The number of ether oxygens (including phenoxy) is 2. The van der Waals surface area contributed by atoms with Gasteiger partial charge < -0.3 is 19.2 Å². The molecular weight excluding hydrogens is 382 g/mol. The number of hydrogen-bond acceptors (Lipinski definition) is 5. The summed E-state index contributed by atoms with van der Waals surface area (Å²) in [5, 5.41) is 2.71. The van der Waals surface area contributed by atoms with E-state index in [2.05, 4.69) is 19.8 Å². The predicted molar refractivity (Wildman–Crippen MR) is 103 cm³/mol. The Morgan fingerprint density at radius 2 is 1.66 bits per heavy atom. The number of fused-ring (bicyclic) bond motifs is 1. The van der Waals surface area contributed by atoms with Gasteiger partial charge in [0.25, 0.3) is 5.91 Å². The van der Waals surface area contributed by atoms with E-state index in [9.17, 15) is 13.6 Å². The number of benzene rings is 2. The van der Waals surface area contributed by atoms with Crippen molar-refractivity contribution in [1.82, 2.24) is 4.98 Å². The van der Waals surface area contributed by atoms with Crippen molar-refractivity contribution in [3.63, 3.8) is 0 Å². The van der Waals surface area contributed by atoms with Crippen molar-refractivity contribution < 1.29 is 27.5 Å². The van der Waals surface area contributed by atoms with Gasteiger partial charge in [-0.2, -0.15) is 0 Å². The molecule has 0 radical (unpaired) electrons. The summed E-state index contributed by atoms with van der Waals surface area (Å²) in [5.74, 6) is -0.266. The Labute approximate surface area is 166 Å². The van der Waals surface area contributed by atoms with E-state index in [0.717, 1.165) is 16.7 Å². The van der Waals surface area contributed by atoms with Crippen LogP contribution in [0.1, 0.15) is 35.7 Å². The molecule has 1 aromatic heterocycles. The van der Waals surface area contributed by atoms with Crippen molar-refractivity contribution in [2.24, 2.45) is 0 Å². The van der Waals surface area contributed by atoms with Crippen LogP contribution in [0.2, 0.25) is 0 Å². The SMILES string of the molecule is CC.Cc1cc2c(cc1-c1ccc(NC(=O)c3ocnc3C)cc1)OC(F)(F)O2. The lowest BCUT2D eigenvalue weighted by Gasteiger charge is -2.09. The number of nitrogens with zero attached hydrogens (tertiary/aromatic N) is 1. The highest BCUT2D eigenvalue weighted by Crippen LogP contribution is 2.44. The third-order valence-electron chi connectivity index (χ3n) is 4.15. The Bertz CT molecular complexity index is 1030. The van der Waals surface area contributed by atoms with Crippen molar-refractivity contribution in [3.05, 3.63) is 59.8 Å². The molecule has 2 heterocycles. The van der Waals surface area contributed by atoms with Crippen molar-refractivity contribution >= 4 is 11.6 Å². The number of aryl methyl sites for hydroxylation is 2. The first kappa shape index (κ1) is 20.3. The summed E-state index contributed by atoms with van der Waals surface area (Å²) in [5.41, 5.74) is 3.31. The summed E-state index contributed by atoms with van der Waals surface area (Å²) in [6.07, 6.45) is -2.44. The molecule has 0 saturated heterocycles. The van der Waals surface area contributed by atoms with E-state index in [1.165, 1.54) is 18.5 Å². The average molecular weight is 402 g/mol. The van der Waals surface area contributed by atoms with Crippen molar-refractivity contribution in [2.75, 3.05) is 5.32 Å². The molecule has 6 nitrogen and oxygen atoms in total. The average Bonchev–Trinajstić information content (AvgIpc) is 3.24. The number of anilines is 1. The van der Waals surface area contributed by atoms with E-state index in [0.29, 0.717) is 11.4 Å². The molecule has 4 rings (SSSR count). The van der Waals surface area contributed by atoms with Crippen LogP contribution in [-0.2, 0) is 0 Å². The fourth-order valence-electron chi connectivity index (χ4n) is 2.85. The third kappa shape index (κ3) is 4.21. The van der Waals surface area contributed by atoms with Gasteiger partial charge in [0.1, 0.15) is 0 Å². The Morgan fingerprint density at radius 1 is 1.03 bits per heavy atom. The van der Waals surface area contributed by atoms with Crippen molar-refractivity contribution in [1.29, 1.82) is 0 Å². The number of rotatable bonds is 3. The molecular formula is C21H20F2N2O4. The van der Waals surface area contributed by atoms with Crippen LogP contribution >= 0.6 is 0 Å². The summed E-state index contributed by atoms with van der Waals surface area (Å²) in [6.45, 7) is 7.46. The zero-order chi connectivity index (χ0) is 21.2. The smallest absolute Gasteiger partial charge is 0.438 e. The number of carbonyl (C=O) groups is 1. The first-order chi connectivity index (χ1) is 13.8. The third-order valence-corrected chi connectivity index (χ3v) is 4.15. The summed E-state index contributed by atoms with van der Waals surface area (Å²) in [7, 11) is 0. The van der Waals surface area contributed by atoms with Gasteiger partial charge in [-0.25, -0.2) is 4.98 Å². The summed E-state index contributed by atoms with van der Waals surface area (Å²) in [4.78, 5) is 16.0. The molecule has 0 fully saturated rings. The predicted octanol–water partition coefficient (Wildman–Crippen LogP) is 5.56. The number of amides is 1. The fraction of sp³-hybridized carbons (Fsp3) is 0.238. The minimum atomic E-state index is -3.65. The van der Waals surface area contributed by atoms with Crippen LogP contribution in [0.3, 0.4) is 0 Å². The molecule has 29 heavy (non-hydrogen) atoms. The molecule has 0 saturated carbocycles. The summed E-state index contributed by atoms with van der Waals surface area (Å²) in [6, 6.07) is 9.97. The Balaban J connectivity index is 0.00000117. The number of hydrogen-bond donors (Lipinski definition) is 1. The topological polar surface area (TPSA) is 73.6 Å². The molecule has 2 aromatic carbocycles. The first-order valence-electron chi connectivity index (χ1n) is 9.05. The molecule has 0 spiro atoms. The van der Waals surface area contributed by atoms with E-state index in [1.54, 1.807) is 38.1 Å². The quantitative estimate of drug-likeness (QED) is 0.621. The van der Waals surface area contributed by atoms with Crippen LogP contribution in [0, 0.1) is 13.8 Å². The van der Waals surface area contributed by atoms with Crippen LogP contribution < -0.4 is 14.8 Å². The van der Waals surface area contributed by atoms with E-state index < -0.39 is 12.2 Å². The van der Waals surface area contributed by atoms with Gasteiger partial charge in [0.2, 0.25) is 5.76 Å². The number of alkyl halides is 2. The number of aromatic nitrogens is 1. The van der Waals surface area contributed by atoms with E-state index >= 15 is 0 Å². The Kier molecular flexibility index (Phi) is 5.54. The highest BCUT2D eigenvalue weighted by molar-refractivity contribution is 6.03. The van der Waals surface area contributed by atoms with Crippen LogP contribution in [0.4, 0.5) is 14.5 Å². The second-order valence-corrected chi connectivity index (χ2v) is 6.08. The molecule has 1 aliphatic rings.